The number of anilines is 1. The van der Waals surface area contributed by atoms with Gasteiger partial charge in [0, 0.05) is 60.3 Å². The number of fused-ring (bicyclic) bond motifs is 8. The lowest BCUT2D eigenvalue weighted by Crippen LogP contribution is -2.43. The molecule has 4 unspecified atom stereocenters. The van der Waals surface area contributed by atoms with Crippen molar-refractivity contribution in [1.29, 1.82) is 0 Å². The fraction of sp³-hybridized carbons (Fsp3) is 0.444. The van der Waals surface area contributed by atoms with Gasteiger partial charge >= 0.3 is 0 Å². The number of allylic oxidation sites excluding steroid dienone is 1. The van der Waals surface area contributed by atoms with Crippen LogP contribution in [0.5, 0.6) is 23.0 Å². The van der Waals surface area contributed by atoms with Crippen molar-refractivity contribution in [2.45, 2.75) is 88.5 Å². The molecular weight excluding hydrogens is 817 g/mol. The van der Waals surface area contributed by atoms with Gasteiger partial charge in [0.15, 0.2) is 11.5 Å². The highest BCUT2D eigenvalue weighted by Crippen LogP contribution is 2.45. The number of aliphatic imine (C=N–C) groups is 1. The van der Waals surface area contributed by atoms with E-state index in [1.165, 1.54) is 12.7 Å². The fourth-order valence-electron chi connectivity index (χ4n) is 8.54. The highest BCUT2D eigenvalue weighted by molar-refractivity contribution is 8.01. The smallest absolute Gasteiger partial charge is 0.256 e. The number of amides is 3. The molecule has 328 valence electrons. The van der Waals surface area contributed by atoms with E-state index in [0.717, 1.165) is 12.8 Å². The lowest BCUT2D eigenvalue weighted by Gasteiger charge is -2.35. The molecule has 17 heteroatoms. The molecule has 8 rings (SSSR count). The van der Waals surface area contributed by atoms with Crippen LogP contribution in [0.3, 0.4) is 0 Å². The lowest BCUT2D eigenvalue weighted by atomic mass is 10.1. The molecule has 0 aliphatic carbocycles. The summed E-state index contributed by atoms with van der Waals surface area (Å²) >= 11 is 1.73. The molecule has 3 N–H and O–H groups in total. The van der Waals surface area contributed by atoms with Gasteiger partial charge in [-0.15, -0.1) is 18.3 Å². The van der Waals surface area contributed by atoms with Crippen LogP contribution in [0.4, 0.5) is 11.4 Å². The van der Waals surface area contributed by atoms with Crippen LogP contribution in [-0.4, -0.2) is 99.5 Å². The number of ether oxygens (including phenoxy) is 4. The van der Waals surface area contributed by atoms with Gasteiger partial charge in [0.05, 0.1) is 65.0 Å². The summed E-state index contributed by atoms with van der Waals surface area (Å²) in [4.78, 5) is 59.2. The number of carbonyl (C=O) groups is 3. The van der Waals surface area contributed by atoms with Gasteiger partial charge in [-0.3, -0.25) is 24.4 Å². The maximum absolute atomic E-state index is 14.2. The predicted octanol–water partition coefficient (Wildman–Crippen LogP) is 6.62. The number of thioether (sulfide) groups is 1. The molecule has 0 saturated carbocycles. The average Bonchev–Trinajstić information content (AvgIpc) is 3.86. The Morgan fingerprint density at radius 1 is 1.05 bits per heavy atom. The van der Waals surface area contributed by atoms with Crippen LogP contribution in [-0.2, 0) is 34.5 Å². The zero-order chi connectivity index (χ0) is 43.5. The maximum Gasteiger partial charge on any atom is 0.256 e. The number of nitrogens with zero attached hydrogens (tertiary/aromatic N) is 4. The topological polar surface area (TPSA) is 183 Å². The van der Waals surface area contributed by atoms with Crippen LogP contribution >= 0.6 is 11.8 Å². The molecule has 2 aromatic carbocycles. The van der Waals surface area contributed by atoms with Gasteiger partial charge in [-0.25, -0.2) is 10.1 Å². The van der Waals surface area contributed by atoms with E-state index in [1.807, 2.05) is 24.0 Å². The molecule has 1 aromatic heterocycles. The molecule has 5 aliphatic heterocycles. The first-order valence-corrected chi connectivity index (χ1v) is 21.7. The van der Waals surface area contributed by atoms with Crippen molar-refractivity contribution in [2.75, 3.05) is 38.7 Å². The van der Waals surface area contributed by atoms with E-state index in [4.69, 9.17) is 34.1 Å². The molecule has 62 heavy (non-hydrogen) atoms. The van der Waals surface area contributed by atoms with Crippen LogP contribution in [0, 0.1) is 5.92 Å². The summed E-state index contributed by atoms with van der Waals surface area (Å²) < 4.78 is 24.4. The summed E-state index contributed by atoms with van der Waals surface area (Å²) in [5, 5.41) is 19.5. The SMILES string of the molecule is C=CC1CC2C=Nc3cc(OCc4cc5cc(n4)COc4cc6c(cc4OC)C(=O)N4C/C(=C/C)CC4C(N6)SC(C)(C)CCC(=O)NCCO5)c(COOO)cc3C(=O)N2C1. The van der Waals surface area contributed by atoms with Crippen LogP contribution in [0.15, 0.2) is 65.7 Å². The van der Waals surface area contributed by atoms with Crippen molar-refractivity contribution >= 4 is 47.1 Å². The standard InChI is InChI=1S/C45H52N6O10S/c1-6-26-12-31-20-47-35-18-38(28(23-60-61-55)14-33(35)43(53)50(31)21-26)58-24-29-15-32-16-30(48-29)25-59-40-19-36-34(17-39(40)56-5)44(54)51-22-27(7-2)13-37(51)42(49-36)62-45(3,4)9-8-41(52)46-10-11-57-32/h6-7,14-20,26,31,37,42,49,55H,1,8-13,21-25H2,2-5H3,(H,46,52)/b27-7+. The monoisotopic (exact) mass is 868 g/mol. The number of rotatable bonds is 8. The minimum absolute atomic E-state index is 0.00161. The van der Waals surface area contributed by atoms with Crippen LogP contribution < -0.4 is 29.6 Å². The van der Waals surface area contributed by atoms with E-state index in [1.54, 1.807) is 53.2 Å². The van der Waals surface area contributed by atoms with Crippen molar-refractivity contribution in [2.24, 2.45) is 10.9 Å². The zero-order valence-electron chi connectivity index (χ0n) is 35.3. The quantitative estimate of drug-likeness (QED) is 0.125. The summed E-state index contributed by atoms with van der Waals surface area (Å²) in [6, 6.07) is 10.1. The molecule has 2 fully saturated rings. The molecule has 5 aliphatic rings. The van der Waals surface area contributed by atoms with E-state index in [0.29, 0.717) is 88.4 Å². The summed E-state index contributed by atoms with van der Waals surface area (Å²) in [6.07, 6.45) is 8.14. The van der Waals surface area contributed by atoms with E-state index in [-0.39, 0.29) is 78.8 Å². The van der Waals surface area contributed by atoms with Crippen molar-refractivity contribution in [3.8, 4) is 23.0 Å². The largest absolute Gasteiger partial charge is 0.493 e. The Labute approximate surface area is 364 Å². The Morgan fingerprint density at radius 2 is 1.89 bits per heavy atom. The number of hydrogen-bond donors (Lipinski definition) is 3. The van der Waals surface area contributed by atoms with Gasteiger partial charge in [-0.05, 0) is 44.2 Å². The first kappa shape index (κ1) is 43.0. The zero-order valence-corrected chi connectivity index (χ0v) is 36.1. The molecule has 2 saturated heterocycles. The first-order valence-electron chi connectivity index (χ1n) is 20.8. The van der Waals surface area contributed by atoms with Gasteiger partial charge in [0.2, 0.25) is 5.91 Å². The Hall–Kier alpha value is -5.62. The molecule has 6 heterocycles. The number of pyridine rings is 1. The Bertz CT molecular complexity index is 2300. The summed E-state index contributed by atoms with van der Waals surface area (Å²) in [6.45, 7) is 11.5. The number of hydrogen-bond acceptors (Lipinski definition) is 14. The first-order chi connectivity index (χ1) is 29.9. The Balaban J connectivity index is 1.09. The molecule has 3 aromatic rings. The minimum Gasteiger partial charge on any atom is -0.493 e. The van der Waals surface area contributed by atoms with Crippen LogP contribution in [0.2, 0.25) is 0 Å². The summed E-state index contributed by atoms with van der Waals surface area (Å²) in [7, 11) is 1.54. The van der Waals surface area contributed by atoms with E-state index in [9.17, 15) is 14.4 Å². The van der Waals surface area contributed by atoms with Crippen molar-refractivity contribution < 1.29 is 48.5 Å². The van der Waals surface area contributed by atoms with Crippen molar-refractivity contribution in [3.63, 3.8) is 0 Å². The highest BCUT2D eigenvalue weighted by Gasteiger charge is 2.44. The summed E-state index contributed by atoms with van der Waals surface area (Å²) in [5.74, 6) is 1.44. The minimum atomic E-state index is -0.308. The number of benzene rings is 2. The predicted molar refractivity (Wildman–Crippen MR) is 232 cm³/mol. The van der Waals surface area contributed by atoms with E-state index in [2.05, 4.69) is 47.2 Å². The molecule has 5 bridgehead atoms. The second kappa shape index (κ2) is 18.4. The van der Waals surface area contributed by atoms with Crippen LogP contribution in [0.1, 0.15) is 84.1 Å². The van der Waals surface area contributed by atoms with E-state index >= 15 is 0 Å². The number of nitrogens with one attached hydrogen (secondary N) is 2. The Kier molecular flexibility index (Phi) is 12.8. The maximum atomic E-state index is 14.2. The molecule has 0 radical (unpaired) electrons. The third-order valence-corrected chi connectivity index (χ3v) is 13.4. The molecule has 3 amide bonds. The Morgan fingerprint density at radius 3 is 2.68 bits per heavy atom. The summed E-state index contributed by atoms with van der Waals surface area (Å²) in [5.41, 5.74) is 4.54. The number of carbonyl (C=O) groups excluding carboxylic acids is 3. The van der Waals surface area contributed by atoms with Gasteiger partial charge < -0.3 is 39.4 Å². The van der Waals surface area contributed by atoms with Gasteiger partial charge in [0.1, 0.15) is 37.9 Å². The van der Waals surface area contributed by atoms with Crippen molar-refractivity contribution in [3.05, 3.63) is 88.8 Å². The fourth-order valence-corrected chi connectivity index (χ4v) is 10.0. The second-order valence-electron chi connectivity index (χ2n) is 16.6. The highest BCUT2D eigenvalue weighted by atomic mass is 32.2. The third kappa shape index (κ3) is 9.26. The third-order valence-electron chi connectivity index (χ3n) is 11.9. The van der Waals surface area contributed by atoms with E-state index < -0.39 is 0 Å². The average molecular weight is 869 g/mol. The number of methoxy groups -OCH3 is 1. The normalized spacial score (nSPS) is 23.9. The second-order valence-corrected chi connectivity index (χ2v) is 18.4. The van der Waals surface area contributed by atoms with Gasteiger partial charge in [-0.1, -0.05) is 36.6 Å². The number of aromatic nitrogens is 1. The molecule has 16 nitrogen and oxygen atoms in total. The molecular formula is C45H52N6O10S. The molecule has 4 atom stereocenters. The van der Waals surface area contributed by atoms with Gasteiger partial charge in [-0.2, -0.15) is 0 Å². The van der Waals surface area contributed by atoms with Gasteiger partial charge in [0.25, 0.3) is 11.8 Å². The molecule has 0 spiro atoms. The lowest BCUT2D eigenvalue weighted by molar-refractivity contribution is -0.496. The van der Waals surface area contributed by atoms with Crippen molar-refractivity contribution in [1.82, 2.24) is 20.1 Å². The van der Waals surface area contributed by atoms with Crippen LogP contribution in [0.25, 0.3) is 0 Å².